The van der Waals surface area contributed by atoms with Gasteiger partial charge in [0.25, 0.3) is 0 Å². The van der Waals surface area contributed by atoms with E-state index >= 15 is 0 Å². The standard InChI is InChI=1S/C19H36N6O6S2/c1-33-9-7-11(21)16(27)23-12(5-6-15(22)26)17(28)25-14(10-32)18(29)24-13(19(30)31)4-2-3-8-20/h11-14,32H,2-10,20-21H2,1H3,(H2,22,26)(H,23,27)(H,24,29)(H,25,28)(H,30,31). The van der Waals surface area contributed by atoms with E-state index in [1.807, 2.05) is 6.26 Å². The molecule has 4 atom stereocenters. The summed E-state index contributed by atoms with van der Waals surface area (Å²) in [5, 5.41) is 16.6. The molecule has 0 aliphatic rings. The SMILES string of the molecule is CSCCC(N)C(=O)NC(CCC(N)=O)C(=O)NC(CS)C(=O)NC(CCCCN)C(=O)O. The molecule has 4 amide bonds. The van der Waals surface area contributed by atoms with Crippen molar-refractivity contribution in [2.24, 2.45) is 17.2 Å². The van der Waals surface area contributed by atoms with E-state index in [0.29, 0.717) is 31.6 Å². The topological polar surface area (TPSA) is 220 Å². The molecule has 4 unspecified atom stereocenters. The average molecular weight is 509 g/mol. The maximum atomic E-state index is 12.8. The van der Waals surface area contributed by atoms with Gasteiger partial charge in [-0.15, -0.1) is 0 Å². The summed E-state index contributed by atoms with van der Waals surface area (Å²) in [5.41, 5.74) is 16.4. The molecule has 0 aromatic heterocycles. The first kappa shape index (κ1) is 31.0. The van der Waals surface area contributed by atoms with Crippen molar-refractivity contribution in [1.29, 1.82) is 0 Å². The van der Waals surface area contributed by atoms with Gasteiger partial charge in [-0.05, 0) is 50.7 Å². The van der Waals surface area contributed by atoms with Crippen LogP contribution < -0.4 is 33.2 Å². The molecule has 0 aromatic rings. The number of carboxylic acid groups (broad SMARTS) is 1. The lowest BCUT2D eigenvalue weighted by molar-refractivity contribution is -0.142. The van der Waals surface area contributed by atoms with E-state index in [1.54, 1.807) is 0 Å². The Labute approximate surface area is 203 Å². The molecule has 0 aromatic carbocycles. The number of unbranched alkanes of at least 4 members (excludes halogenated alkanes) is 1. The Balaban J connectivity index is 5.20. The van der Waals surface area contributed by atoms with Gasteiger partial charge in [-0.25, -0.2) is 4.79 Å². The number of rotatable bonds is 18. The summed E-state index contributed by atoms with van der Waals surface area (Å²) in [7, 11) is 0. The fourth-order valence-electron chi connectivity index (χ4n) is 2.70. The fraction of sp³-hybridized carbons (Fsp3) is 0.737. The van der Waals surface area contributed by atoms with Gasteiger partial charge in [0.2, 0.25) is 23.6 Å². The molecule has 33 heavy (non-hydrogen) atoms. The molecular weight excluding hydrogens is 472 g/mol. The first-order chi connectivity index (χ1) is 15.6. The summed E-state index contributed by atoms with van der Waals surface area (Å²) in [5.74, 6) is -3.43. The highest BCUT2D eigenvalue weighted by Gasteiger charge is 2.29. The largest absolute Gasteiger partial charge is 0.480 e. The Morgan fingerprint density at radius 1 is 0.909 bits per heavy atom. The molecule has 0 fully saturated rings. The minimum absolute atomic E-state index is 0.0973. The molecule has 12 nitrogen and oxygen atoms in total. The van der Waals surface area contributed by atoms with Crippen molar-refractivity contribution >= 4 is 54.0 Å². The van der Waals surface area contributed by atoms with Crippen molar-refractivity contribution < 1.29 is 29.1 Å². The highest BCUT2D eigenvalue weighted by molar-refractivity contribution is 7.98. The normalized spacial score (nSPS) is 14.4. The van der Waals surface area contributed by atoms with E-state index < -0.39 is 53.8 Å². The van der Waals surface area contributed by atoms with Gasteiger partial charge < -0.3 is 38.3 Å². The van der Waals surface area contributed by atoms with E-state index in [9.17, 15) is 29.1 Å². The number of carbonyl (C=O) groups excluding carboxylic acids is 4. The third kappa shape index (κ3) is 13.3. The number of carboxylic acids is 1. The van der Waals surface area contributed by atoms with Crippen LogP contribution in [-0.2, 0) is 24.0 Å². The van der Waals surface area contributed by atoms with E-state index in [1.165, 1.54) is 11.8 Å². The second kappa shape index (κ2) is 17.4. The lowest BCUT2D eigenvalue weighted by Crippen LogP contribution is -2.57. The summed E-state index contributed by atoms with van der Waals surface area (Å²) in [6.07, 6.45) is 3.26. The lowest BCUT2D eigenvalue weighted by atomic mass is 10.1. The number of nitrogens with two attached hydrogens (primary N) is 3. The van der Waals surface area contributed by atoms with Gasteiger partial charge >= 0.3 is 5.97 Å². The van der Waals surface area contributed by atoms with Gasteiger partial charge in [-0.2, -0.15) is 24.4 Å². The molecule has 0 aliphatic heterocycles. The third-order valence-corrected chi connectivity index (χ3v) is 5.67. The molecule has 0 bridgehead atoms. The average Bonchev–Trinajstić information content (AvgIpc) is 2.76. The Hall–Kier alpha value is -2.03. The first-order valence-corrected chi connectivity index (χ1v) is 12.6. The molecule has 0 saturated heterocycles. The van der Waals surface area contributed by atoms with Crippen LogP contribution in [-0.4, -0.2) is 83.2 Å². The molecule has 0 radical (unpaired) electrons. The molecule has 14 heteroatoms. The molecule has 0 aliphatic carbocycles. The summed E-state index contributed by atoms with van der Waals surface area (Å²) < 4.78 is 0. The smallest absolute Gasteiger partial charge is 0.326 e. The Morgan fingerprint density at radius 2 is 1.48 bits per heavy atom. The zero-order chi connectivity index (χ0) is 25.4. The maximum absolute atomic E-state index is 12.8. The predicted molar refractivity (Wildman–Crippen MR) is 130 cm³/mol. The molecule has 0 heterocycles. The Morgan fingerprint density at radius 3 is 2.00 bits per heavy atom. The summed E-state index contributed by atoms with van der Waals surface area (Å²) >= 11 is 5.57. The van der Waals surface area contributed by atoms with Gasteiger partial charge in [-0.3, -0.25) is 19.2 Å². The number of thioether (sulfide) groups is 1. The summed E-state index contributed by atoms with van der Waals surface area (Å²) in [4.78, 5) is 60.2. The number of nitrogens with one attached hydrogen (secondary N) is 3. The number of amides is 4. The Bertz CT molecular complexity index is 669. The van der Waals surface area contributed by atoms with Crippen LogP contribution in [0, 0.1) is 0 Å². The van der Waals surface area contributed by atoms with Crippen LogP contribution in [0.3, 0.4) is 0 Å². The number of aliphatic carboxylic acids is 1. The second-order valence-electron chi connectivity index (χ2n) is 7.38. The predicted octanol–water partition coefficient (Wildman–Crippen LogP) is -2.07. The van der Waals surface area contributed by atoms with Crippen molar-refractivity contribution in [3.63, 3.8) is 0 Å². The summed E-state index contributed by atoms with van der Waals surface area (Å²) in [6.45, 7) is 0.398. The summed E-state index contributed by atoms with van der Waals surface area (Å²) in [6, 6.07) is -4.34. The molecule has 190 valence electrons. The van der Waals surface area contributed by atoms with Crippen molar-refractivity contribution in [3.8, 4) is 0 Å². The van der Waals surface area contributed by atoms with E-state index in [-0.39, 0.29) is 25.0 Å². The Kier molecular flexibility index (Phi) is 16.4. The van der Waals surface area contributed by atoms with E-state index in [0.717, 1.165) is 0 Å². The van der Waals surface area contributed by atoms with Gasteiger partial charge in [0.05, 0.1) is 6.04 Å². The number of hydrogen-bond acceptors (Lipinski definition) is 9. The van der Waals surface area contributed by atoms with Crippen LogP contribution >= 0.6 is 24.4 Å². The number of primary amides is 1. The van der Waals surface area contributed by atoms with Crippen LogP contribution in [0.1, 0.15) is 38.5 Å². The van der Waals surface area contributed by atoms with E-state index in [4.69, 9.17) is 17.2 Å². The second-order valence-corrected chi connectivity index (χ2v) is 8.73. The van der Waals surface area contributed by atoms with Gasteiger partial charge in [0.1, 0.15) is 18.1 Å². The zero-order valence-electron chi connectivity index (χ0n) is 18.7. The van der Waals surface area contributed by atoms with Crippen molar-refractivity contribution in [3.05, 3.63) is 0 Å². The minimum atomic E-state index is -1.21. The maximum Gasteiger partial charge on any atom is 0.326 e. The third-order valence-electron chi connectivity index (χ3n) is 4.66. The van der Waals surface area contributed by atoms with Crippen LogP contribution in [0.15, 0.2) is 0 Å². The van der Waals surface area contributed by atoms with Crippen LogP contribution in [0.5, 0.6) is 0 Å². The molecule has 10 N–H and O–H groups in total. The molecule has 0 rings (SSSR count). The monoisotopic (exact) mass is 508 g/mol. The van der Waals surface area contributed by atoms with Gasteiger partial charge in [-0.1, -0.05) is 0 Å². The van der Waals surface area contributed by atoms with E-state index in [2.05, 4.69) is 28.6 Å². The van der Waals surface area contributed by atoms with Gasteiger partial charge in [0, 0.05) is 12.2 Å². The lowest BCUT2D eigenvalue weighted by Gasteiger charge is -2.24. The highest BCUT2D eigenvalue weighted by atomic mass is 32.2. The number of thiol groups is 1. The number of carbonyl (C=O) groups is 5. The van der Waals surface area contributed by atoms with Crippen LogP contribution in [0.25, 0.3) is 0 Å². The number of hydrogen-bond donors (Lipinski definition) is 8. The molecule has 0 saturated carbocycles. The fourth-order valence-corrected chi connectivity index (χ4v) is 3.45. The molecule has 0 spiro atoms. The van der Waals surface area contributed by atoms with Crippen LogP contribution in [0.2, 0.25) is 0 Å². The quantitative estimate of drug-likeness (QED) is 0.0751. The minimum Gasteiger partial charge on any atom is -0.480 e. The van der Waals surface area contributed by atoms with Gasteiger partial charge in [0.15, 0.2) is 0 Å². The zero-order valence-corrected chi connectivity index (χ0v) is 20.5. The highest BCUT2D eigenvalue weighted by Crippen LogP contribution is 2.05. The van der Waals surface area contributed by atoms with Crippen LogP contribution in [0.4, 0.5) is 0 Å². The first-order valence-electron chi connectivity index (χ1n) is 10.5. The van der Waals surface area contributed by atoms with Crippen molar-refractivity contribution in [1.82, 2.24) is 16.0 Å². The molecular formula is C19H36N6O6S2. The van der Waals surface area contributed by atoms with Crippen molar-refractivity contribution in [2.75, 3.05) is 24.3 Å². The van der Waals surface area contributed by atoms with Crippen molar-refractivity contribution in [2.45, 2.75) is 62.7 Å².